The fourth-order valence-electron chi connectivity index (χ4n) is 7.39. The molecule has 0 nitrogen and oxygen atoms in total. The zero-order chi connectivity index (χ0) is 32.8. The molecule has 0 amide bonds. The first-order chi connectivity index (χ1) is 21.9. The second-order valence-corrected chi connectivity index (χ2v) is 16.7. The molecule has 0 aromatic heterocycles. The van der Waals surface area contributed by atoms with Crippen LogP contribution in [0, 0.1) is 11.8 Å². The topological polar surface area (TPSA) is 0 Å². The van der Waals surface area contributed by atoms with E-state index >= 15 is 0 Å². The Labute approximate surface area is 323 Å². The molecule has 246 valence electrons. The Balaban J connectivity index is 0.000000195. The van der Waals surface area contributed by atoms with E-state index in [0.29, 0.717) is 0 Å². The van der Waals surface area contributed by atoms with Gasteiger partial charge in [0.2, 0.25) is 0 Å². The number of halogens is 4. The van der Waals surface area contributed by atoms with E-state index in [0.717, 1.165) is 46.8 Å². The summed E-state index contributed by atoms with van der Waals surface area (Å²) in [7, 11) is 0. The monoisotopic (exact) mass is 876 g/mol. The Morgan fingerprint density at radius 1 is 0.792 bits per heavy atom. The second-order valence-electron chi connectivity index (χ2n) is 14.0. The standard InChI is InChI=1S/C25H27.C13H8Cl2.C5H5.2ClH.Hf/c1-14-7-8-17-20(14)22-18(23-21(17)15(2)12-25(23,5)6)11-16-9-10-24(3,4)13-19(16)22;14-12-5-1-10(2-6-12)9-11-3-7-13(15)8-4-11;1-2-4-5-3-1;;;/h7-10,12H,11,13H2,1-6H3;1-8H;1-5H;2*1H;/q-1;;-1;;;+2/p-2. The van der Waals surface area contributed by atoms with Crippen LogP contribution in [0.3, 0.4) is 0 Å². The van der Waals surface area contributed by atoms with Crippen molar-refractivity contribution < 1.29 is 48.7 Å². The predicted octanol–water partition coefficient (Wildman–Crippen LogP) is 4.37. The molecule has 4 aromatic carbocycles. The van der Waals surface area contributed by atoms with Gasteiger partial charge >= 0.3 is 120 Å². The molecule has 0 fully saturated rings. The summed E-state index contributed by atoms with van der Waals surface area (Å²) in [6.07, 6.45) is 14.3. The van der Waals surface area contributed by atoms with Gasteiger partial charge in [-0.25, -0.2) is 24.1 Å². The number of hydrogen-bond donors (Lipinski definition) is 0. The van der Waals surface area contributed by atoms with Gasteiger partial charge in [-0.1, -0.05) is 75.1 Å². The number of rotatable bonds is 2. The minimum atomic E-state index is 0. The van der Waals surface area contributed by atoms with E-state index in [-0.39, 0.29) is 35.6 Å². The molecule has 0 saturated carbocycles. The Hall–Kier alpha value is -2.26. The molecule has 4 aliphatic rings. The van der Waals surface area contributed by atoms with E-state index in [1.165, 1.54) is 41.5 Å². The molecule has 4 aromatic rings. The number of hydrogen-bond acceptors (Lipinski definition) is 0. The Bertz CT molecular complexity index is 1970. The molecule has 0 unspecified atom stereocenters. The van der Waals surface area contributed by atoms with Gasteiger partial charge in [0.05, 0.1) is 0 Å². The summed E-state index contributed by atoms with van der Waals surface area (Å²) in [5, 5.41) is 4.55. The number of benzene rings is 3. The van der Waals surface area contributed by atoms with Crippen molar-refractivity contribution in [1.29, 1.82) is 0 Å². The average molecular weight is 877 g/mol. The van der Waals surface area contributed by atoms with E-state index < -0.39 is 0 Å². The first-order valence-electron chi connectivity index (χ1n) is 16.0. The maximum Gasteiger partial charge on any atom is -0.172 e. The third-order valence-electron chi connectivity index (χ3n) is 9.40. The summed E-state index contributed by atoms with van der Waals surface area (Å²) in [5.74, 6) is 0. The minimum Gasteiger partial charge on any atom is -1.00 e. The molecular formula is C43H40Cl4Hf-2. The van der Waals surface area contributed by atoms with Crippen molar-refractivity contribution >= 4 is 49.3 Å². The number of fused-ring (bicyclic) bond motifs is 7. The van der Waals surface area contributed by atoms with Crippen molar-refractivity contribution in [3.8, 4) is 0 Å². The summed E-state index contributed by atoms with van der Waals surface area (Å²) in [6.45, 7) is 14.1. The van der Waals surface area contributed by atoms with Crippen LogP contribution in [-0.2, 0) is 35.7 Å². The van der Waals surface area contributed by atoms with Crippen molar-refractivity contribution in [2.45, 2.75) is 59.8 Å². The summed E-state index contributed by atoms with van der Waals surface area (Å²) >= 11 is 12.7. The molecule has 0 heterocycles. The molecule has 48 heavy (non-hydrogen) atoms. The first-order valence-corrected chi connectivity index (χ1v) is 18.6. The van der Waals surface area contributed by atoms with Crippen LogP contribution in [0.25, 0.3) is 22.8 Å². The third-order valence-corrected chi connectivity index (χ3v) is 12.0. The van der Waals surface area contributed by atoms with Gasteiger partial charge in [0, 0.05) is 0 Å². The van der Waals surface area contributed by atoms with Crippen LogP contribution in [0.1, 0.15) is 81.3 Å². The molecule has 0 bridgehead atoms. The Morgan fingerprint density at radius 3 is 1.88 bits per heavy atom. The Morgan fingerprint density at radius 2 is 1.35 bits per heavy atom. The molecule has 8 rings (SSSR count). The quantitative estimate of drug-likeness (QED) is 0.208. The molecule has 0 aliphatic heterocycles. The van der Waals surface area contributed by atoms with Gasteiger partial charge in [0.15, 0.2) is 0 Å². The van der Waals surface area contributed by atoms with E-state index in [1.54, 1.807) is 27.8 Å². The SMILES string of the molecule is CC1=CC=c2c1c1c(c3c2=C(C)[CH-]C3(C)C)CC2=C1CC(C)(C)C=C2.Clc1ccc([C](=[Hf+2])c2ccc(Cl)cc2)cc1.[Cl-].[Cl-].c1cc[cH-]c1. The van der Waals surface area contributed by atoms with Gasteiger partial charge < -0.3 is 24.8 Å². The normalized spacial score (nSPS) is 16.5. The molecule has 4 aliphatic carbocycles. The van der Waals surface area contributed by atoms with Gasteiger partial charge in [0.1, 0.15) is 0 Å². The number of allylic oxidation sites excluding steroid dienone is 6. The molecule has 5 heteroatoms. The maximum atomic E-state index is 5.87. The van der Waals surface area contributed by atoms with Crippen LogP contribution in [0.5, 0.6) is 0 Å². The maximum absolute atomic E-state index is 5.87. The molecule has 0 atom stereocenters. The fourth-order valence-corrected chi connectivity index (χ4v) is 8.84. The molecule has 0 radical (unpaired) electrons. The zero-order valence-electron chi connectivity index (χ0n) is 28.3. The largest absolute Gasteiger partial charge is 1.00 e. The first kappa shape index (κ1) is 38.5. The van der Waals surface area contributed by atoms with Gasteiger partial charge in [-0.15, -0.1) is 5.56 Å². The zero-order valence-corrected chi connectivity index (χ0v) is 34.9. The Kier molecular flexibility index (Phi) is 12.3. The molecule has 0 saturated heterocycles. The van der Waals surface area contributed by atoms with Crippen molar-refractivity contribution in [2.75, 3.05) is 0 Å². The molecule has 0 N–H and O–H groups in total. The predicted molar refractivity (Wildman–Crippen MR) is 197 cm³/mol. The van der Waals surface area contributed by atoms with E-state index in [1.807, 2.05) is 54.6 Å². The van der Waals surface area contributed by atoms with E-state index in [2.05, 4.69) is 96.5 Å². The summed E-state index contributed by atoms with van der Waals surface area (Å²) in [4.78, 5) is 0. The van der Waals surface area contributed by atoms with E-state index in [4.69, 9.17) is 23.2 Å². The van der Waals surface area contributed by atoms with Crippen LogP contribution in [0.15, 0.2) is 103 Å². The molecule has 0 spiro atoms. The fraction of sp³-hybridized carbons (Fsp3) is 0.233. The van der Waals surface area contributed by atoms with Crippen LogP contribution in [0.2, 0.25) is 10.0 Å². The summed E-state index contributed by atoms with van der Waals surface area (Å²) in [5.41, 5.74) is 15.3. The van der Waals surface area contributed by atoms with Gasteiger partial charge in [-0.05, 0) is 53.0 Å². The average Bonchev–Trinajstić information content (AvgIpc) is 3.81. The van der Waals surface area contributed by atoms with Crippen molar-refractivity contribution in [1.82, 2.24) is 0 Å². The van der Waals surface area contributed by atoms with Crippen molar-refractivity contribution in [2.24, 2.45) is 5.41 Å². The van der Waals surface area contributed by atoms with Crippen molar-refractivity contribution in [3.63, 3.8) is 0 Å². The van der Waals surface area contributed by atoms with Gasteiger partial charge in [-0.3, -0.25) is 0 Å². The third kappa shape index (κ3) is 7.72. The molecular weight excluding hydrogens is 837 g/mol. The van der Waals surface area contributed by atoms with Crippen LogP contribution in [0.4, 0.5) is 0 Å². The minimum absolute atomic E-state index is 0. The van der Waals surface area contributed by atoms with Crippen LogP contribution in [-0.4, -0.2) is 3.26 Å². The smallest absolute Gasteiger partial charge is 0.172 e. The van der Waals surface area contributed by atoms with Crippen LogP contribution >= 0.6 is 23.2 Å². The van der Waals surface area contributed by atoms with Crippen molar-refractivity contribution in [3.05, 3.63) is 163 Å². The summed E-state index contributed by atoms with van der Waals surface area (Å²) in [6, 6.07) is 25.9. The van der Waals surface area contributed by atoms with E-state index in [9.17, 15) is 0 Å². The second kappa shape index (κ2) is 15.3. The van der Waals surface area contributed by atoms with Gasteiger partial charge in [0.25, 0.3) is 0 Å². The van der Waals surface area contributed by atoms with Gasteiger partial charge in [-0.2, -0.15) is 23.4 Å². The summed E-state index contributed by atoms with van der Waals surface area (Å²) < 4.78 is 1.35. The van der Waals surface area contributed by atoms with Crippen LogP contribution < -0.4 is 35.3 Å².